The largest absolute Gasteiger partial charge is 0.392 e. The minimum Gasteiger partial charge on any atom is -0.392 e. The van der Waals surface area contributed by atoms with Gasteiger partial charge in [-0.3, -0.25) is 9.69 Å². The van der Waals surface area contributed by atoms with Crippen LogP contribution in [-0.2, 0) is 9.53 Å². The Labute approximate surface area is 109 Å². The van der Waals surface area contributed by atoms with Gasteiger partial charge in [0.05, 0.1) is 11.5 Å². The third-order valence-electron chi connectivity index (χ3n) is 2.13. The topological polar surface area (TPSA) is 67.6 Å². The zero-order valence-electron chi connectivity index (χ0n) is 10.7. The Morgan fingerprint density at radius 1 is 1.47 bits per heavy atom. The molecular weight excluding hydrogens is 238 g/mol. The van der Waals surface area contributed by atoms with E-state index in [0.717, 1.165) is 19.4 Å². The van der Waals surface area contributed by atoms with Crippen molar-refractivity contribution in [2.75, 3.05) is 39.9 Å². The van der Waals surface area contributed by atoms with Gasteiger partial charge in [-0.2, -0.15) is 0 Å². The standard InChI is InChI=1S/C11H23N3O2S/c1-3-6-14(8-10(12)17)9-11(15)13-5-4-7-16-2/h3-9H2,1-2H3,(H2,12,17)(H,13,15). The average molecular weight is 261 g/mol. The van der Waals surface area contributed by atoms with Crippen LogP contribution in [0.4, 0.5) is 0 Å². The number of hydrogen-bond donors (Lipinski definition) is 2. The highest BCUT2D eigenvalue weighted by atomic mass is 32.1. The van der Waals surface area contributed by atoms with Crippen LogP contribution >= 0.6 is 12.2 Å². The van der Waals surface area contributed by atoms with Crippen LogP contribution in [0.3, 0.4) is 0 Å². The maximum Gasteiger partial charge on any atom is 0.234 e. The fourth-order valence-corrected chi connectivity index (χ4v) is 1.64. The van der Waals surface area contributed by atoms with E-state index in [1.54, 1.807) is 7.11 Å². The van der Waals surface area contributed by atoms with Crippen molar-refractivity contribution in [3.8, 4) is 0 Å². The highest BCUT2D eigenvalue weighted by molar-refractivity contribution is 7.80. The summed E-state index contributed by atoms with van der Waals surface area (Å²) in [5.41, 5.74) is 5.48. The van der Waals surface area contributed by atoms with Crippen molar-refractivity contribution in [2.24, 2.45) is 5.73 Å². The summed E-state index contributed by atoms with van der Waals surface area (Å²) >= 11 is 4.85. The highest BCUT2D eigenvalue weighted by Crippen LogP contribution is 1.91. The molecule has 0 aromatic carbocycles. The lowest BCUT2D eigenvalue weighted by atomic mass is 10.3. The van der Waals surface area contributed by atoms with E-state index in [9.17, 15) is 4.79 Å². The summed E-state index contributed by atoms with van der Waals surface area (Å²) < 4.78 is 4.90. The number of methoxy groups -OCH3 is 1. The number of nitrogens with zero attached hydrogens (tertiary/aromatic N) is 1. The van der Waals surface area contributed by atoms with Crippen LogP contribution in [0.2, 0.25) is 0 Å². The van der Waals surface area contributed by atoms with Gasteiger partial charge in [0.25, 0.3) is 0 Å². The summed E-state index contributed by atoms with van der Waals surface area (Å²) in [4.78, 5) is 14.0. The molecule has 0 rings (SSSR count). The molecule has 0 spiro atoms. The van der Waals surface area contributed by atoms with Crippen molar-refractivity contribution in [1.29, 1.82) is 0 Å². The third-order valence-corrected chi connectivity index (χ3v) is 2.26. The van der Waals surface area contributed by atoms with E-state index in [1.165, 1.54) is 0 Å². The monoisotopic (exact) mass is 261 g/mol. The van der Waals surface area contributed by atoms with Crippen LogP contribution in [-0.4, -0.2) is 55.7 Å². The van der Waals surface area contributed by atoms with Crippen molar-refractivity contribution in [3.05, 3.63) is 0 Å². The minimum atomic E-state index is 0.00537. The molecule has 0 fully saturated rings. The predicted octanol–water partition coefficient (Wildman–Crippen LogP) is 0.137. The van der Waals surface area contributed by atoms with E-state index < -0.39 is 0 Å². The minimum absolute atomic E-state index is 0.00537. The quantitative estimate of drug-likeness (QED) is 0.432. The van der Waals surface area contributed by atoms with Crippen LogP contribution in [0.15, 0.2) is 0 Å². The summed E-state index contributed by atoms with van der Waals surface area (Å²) in [5, 5.41) is 2.83. The van der Waals surface area contributed by atoms with E-state index in [-0.39, 0.29) is 5.91 Å². The molecule has 0 aliphatic carbocycles. The first-order chi connectivity index (χ1) is 8.10. The third kappa shape index (κ3) is 10.2. The smallest absolute Gasteiger partial charge is 0.234 e. The number of ether oxygens (including phenoxy) is 1. The highest BCUT2D eigenvalue weighted by Gasteiger charge is 2.10. The Kier molecular flexibility index (Phi) is 9.99. The molecule has 3 N–H and O–H groups in total. The molecule has 0 saturated heterocycles. The molecule has 0 aliphatic rings. The SMILES string of the molecule is CCCN(CC(=O)NCCCOC)CC(N)=S. The second-order valence-corrected chi connectivity index (χ2v) is 4.40. The first-order valence-electron chi connectivity index (χ1n) is 5.86. The van der Waals surface area contributed by atoms with Gasteiger partial charge in [-0.05, 0) is 19.4 Å². The molecule has 0 unspecified atom stereocenters. The van der Waals surface area contributed by atoms with Gasteiger partial charge in [-0.15, -0.1) is 0 Å². The fraction of sp³-hybridized carbons (Fsp3) is 0.818. The number of carbonyl (C=O) groups is 1. The summed E-state index contributed by atoms with van der Waals surface area (Å²) in [6, 6.07) is 0. The van der Waals surface area contributed by atoms with Crippen LogP contribution < -0.4 is 11.1 Å². The molecule has 0 bridgehead atoms. The second kappa shape index (κ2) is 10.4. The number of hydrogen-bond acceptors (Lipinski definition) is 4. The number of amides is 1. The lowest BCUT2D eigenvalue weighted by Crippen LogP contribution is -2.41. The van der Waals surface area contributed by atoms with Gasteiger partial charge in [-0.1, -0.05) is 19.1 Å². The summed E-state index contributed by atoms with van der Waals surface area (Å²) in [6.45, 7) is 5.02. The fourth-order valence-electron chi connectivity index (χ4n) is 1.45. The Morgan fingerprint density at radius 3 is 2.71 bits per heavy atom. The Balaban J connectivity index is 3.82. The van der Waals surface area contributed by atoms with Crippen molar-refractivity contribution in [3.63, 3.8) is 0 Å². The Bertz CT molecular complexity index is 237. The summed E-state index contributed by atoms with van der Waals surface area (Å²) in [7, 11) is 1.65. The van der Waals surface area contributed by atoms with Crippen molar-refractivity contribution < 1.29 is 9.53 Å². The van der Waals surface area contributed by atoms with E-state index in [0.29, 0.717) is 31.2 Å². The molecule has 1 amide bonds. The van der Waals surface area contributed by atoms with Gasteiger partial charge in [0.1, 0.15) is 0 Å². The first-order valence-corrected chi connectivity index (χ1v) is 6.27. The summed E-state index contributed by atoms with van der Waals surface area (Å²) in [5.74, 6) is 0.00537. The maximum atomic E-state index is 11.6. The van der Waals surface area contributed by atoms with E-state index in [2.05, 4.69) is 12.2 Å². The van der Waals surface area contributed by atoms with Crippen LogP contribution in [0.1, 0.15) is 19.8 Å². The number of carbonyl (C=O) groups excluding carboxylic acids is 1. The molecule has 17 heavy (non-hydrogen) atoms. The van der Waals surface area contributed by atoms with E-state index in [1.807, 2.05) is 4.90 Å². The molecule has 0 aromatic rings. The summed E-state index contributed by atoms with van der Waals surface area (Å²) in [6.07, 6.45) is 1.80. The molecule has 0 heterocycles. The molecule has 6 heteroatoms. The van der Waals surface area contributed by atoms with Gasteiger partial charge >= 0.3 is 0 Å². The Hall–Kier alpha value is -0.720. The zero-order valence-corrected chi connectivity index (χ0v) is 11.5. The number of nitrogens with two attached hydrogens (primary N) is 1. The number of thiocarbonyl (C=S) groups is 1. The van der Waals surface area contributed by atoms with E-state index >= 15 is 0 Å². The van der Waals surface area contributed by atoms with Crippen molar-refractivity contribution in [1.82, 2.24) is 10.2 Å². The second-order valence-electron chi connectivity index (χ2n) is 3.87. The normalized spacial score (nSPS) is 10.5. The van der Waals surface area contributed by atoms with Gasteiger partial charge < -0.3 is 15.8 Å². The molecule has 5 nitrogen and oxygen atoms in total. The number of nitrogens with one attached hydrogen (secondary N) is 1. The van der Waals surface area contributed by atoms with Gasteiger partial charge in [-0.25, -0.2) is 0 Å². The van der Waals surface area contributed by atoms with Crippen LogP contribution in [0.5, 0.6) is 0 Å². The van der Waals surface area contributed by atoms with E-state index in [4.69, 9.17) is 22.7 Å². The van der Waals surface area contributed by atoms with Crippen molar-refractivity contribution >= 4 is 23.1 Å². The lowest BCUT2D eigenvalue weighted by Gasteiger charge is -2.20. The molecule has 0 saturated carbocycles. The average Bonchev–Trinajstić information content (AvgIpc) is 2.24. The maximum absolute atomic E-state index is 11.6. The Morgan fingerprint density at radius 2 is 2.18 bits per heavy atom. The van der Waals surface area contributed by atoms with Crippen LogP contribution in [0.25, 0.3) is 0 Å². The predicted molar refractivity (Wildman–Crippen MR) is 73.0 cm³/mol. The number of rotatable bonds is 10. The van der Waals surface area contributed by atoms with Gasteiger partial charge in [0.2, 0.25) is 5.91 Å². The molecule has 0 aromatic heterocycles. The molecule has 0 radical (unpaired) electrons. The lowest BCUT2D eigenvalue weighted by molar-refractivity contribution is -0.122. The molecule has 0 aliphatic heterocycles. The molecule has 100 valence electrons. The first kappa shape index (κ1) is 16.3. The van der Waals surface area contributed by atoms with Crippen molar-refractivity contribution in [2.45, 2.75) is 19.8 Å². The zero-order chi connectivity index (χ0) is 13.1. The van der Waals surface area contributed by atoms with Gasteiger partial charge in [0.15, 0.2) is 0 Å². The van der Waals surface area contributed by atoms with Gasteiger partial charge in [0, 0.05) is 26.8 Å². The molecule has 0 atom stereocenters. The molecular formula is C11H23N3O2S. The van der Waals surface area contributed by atoms with Crippen LogP contribution in [0, 0.1) is 0 Å².